The van der Waals surface area contributed by atoms with Gasteiger partial charge in [0.25, 0.3) is 0 Å². The Morgan fingerprint density at radius 2 is 1.90 bits per heavy atom. The molecule has 5 rings (SSSR count). The smallest absolute Gasteiger partial charge is 0.307 e. The molecule has 2 aliphatic carbocycles. The molecule has 2 aliphatic rings. The number of allylic oxidation sites excluding steroid dienone is 1. The molecule has 6 heteroatoms. The molecule has 204 valence electrons. The summed E-state index contributed by atoms with van der Waals surface area (Å²) in [5.74, 6) is -0.581. The normalized spacial score (nSPS) is 20.3. The van der Waals surface area contributed by atoms with Gasteiger partial charge in [0.05, 0.1) is 19.2 Å². The molecule has 0 spiro atoms. The van der Waals surface area contributed by atoms with E-state index in [1.165, 1.54) is 18.9 Å². The molecule has 3 aromatic rings. The number of carboxylic acid groups (broad SMARTS) is 1. The van der Waals surface area contributed by atoms with Gasteiger partial charge < -0.3 is 14.6 Å². The van der Waals surface area contributed by atoms with Gasteiger partial charge in [0.2, 0.25) is 5.88 Å². The second-order valence-corrected chi connectivity index (χ2v) is 11.2. The second-order valence-electron chi connectivity index (χ2n) is 11.2. The number of halogens is 1. The van der Waals surface area contributed by atoms with Crippen LogP contribution in [0.3, 0.4) is 0 Å². The van der Waals surface area contributed by atoms with E-state index >= 15 is 4.39 Å². The van der Waals surface area contributed by atoms with Gasteiger partial charge >= 0.3 is 5.97 Å². The van der Waals surface area contributed by atoms with Crippen LogP contribution in [0.25, 0.3) is 11.1 Å². The molecular formula is C33H36FNO4. The highest BCUT2D eigenvalue weighted by atomic mass is 19.1. The lowest BCUT2D eigenvalue weighted by Crippen LogP contribution is -2.33. The van der Waals surface area contributed by atoms with Gasteiger partial charge in [-0.25, -0.2) is 9.37 Å². The van der Waals surface area contributed by atoms with E-state index in [-0.39, 0.29) is 5.41 Å². The molecule has 2 aromatic carbocycles. The van der Waals surface area contributed by atoms with Crippen molar-refractivity contribution in [2.75, 3.05) is 7.11 Å². The quantitative estimate of drug-likeness (QED) is 0.293. The largest absolute Gasteiger partial charge is 0.489 e. The van der Waals surface area contributed by atoms with E-state index in [1.807, 2.05) is 37.3 Å². The average molecular weight is 530 g/mol. The molecule has 1 aromatic heterocycles. The van der Waals surface area contributed by atoms with E-state index in [9.17, 15) is 9.90 Å². The fourth-order valence-corrected chi connectivity index (χ4v) is 6.47. The highest BCUT2D eigenvalue weighted by molar-refractivity contribution is 5.73. The number of pyridine rings is 1. The molecule has 1 heterocycles. The number of ether oxygens (including phenoxy) is 2. The van der Waals surface area contributed by atoms with Crippen LogP contribution in [0.5, 0.6) is 11.6 Å². The zero-order chi connectivity index (χ0) is 27.8. The van der Waals surface area contributed by atoms with E-state index in [4.69, 9.17) is 9.47 Å². The van der Waals surface area contributed by atoms with E-state index in [0.717, 1.165) is 60.8 Å². The lowest BCUT2D eigenvalue weighted by atomic mass is 9.73. The molecule has 5 nitrogen and oxygen atoms in total. The zero-order valence-corrected chi connectivity index (χ0v) is 22.9. The Morgan fingerprint density at radius 1 is 1.13 bits per heavy atom. The third kappa shape index (κ3) is 4.81. The third-order valence-corrected chi connectivity index (χ3v) is 9.18. The molecule has 2 atom stereocenters. The molecule has 0 bridgehead atoms. The number of aliphatic carboxylic acids is 1. The van der Waals surface area contributed by atoms with Crippen LogP contribution in [0.2, 0.25) is 0 Å². The zero-order valence-electron chi connectivity index (χ0n) is 22.9. The van der Waals surface area contributed by atoms with E-state index in [2.05, 4.69) is 23.7 Å². The van der Waals surface area contributed by atoms with Crippen molar-refractivity contribution in [1.82, 2.24) is 4.98 Å². The fraction of sp³-hybridized carbons (Fsp3) is 0.394. The topological polar surface area (TPSA) is 68.7 Å². The van der Waals surface area contributed by atoms with Gasteiger partial charge in [0, 0.05) is 22.5 Å². The summed E-state index contributed by atoms with van der Waals surface area (Å²) in [6.45, 7) is 8.34. The van der Waals surface area contributed by atoms with Gasteiger partial charge in [0.15, 0.2) is 0 Å². The number of hydrogen-bond donors (Lipinski definition) is 1. The summed E-state index contributed by atoms with van der Waals surface area (Å²) < 4.78 is 26.6. The van der Waals surface area contributed by atoms with Gasteiger partial charge in [-0.1, -0.05) is 57.0 Å². The Balaban J connectivity index is 1.48. The van der Waals surface area contributed by atoms with Crippen LogP contribution in [-0.2, 0) is 28.7 Å². The summed E-state index contributed by atoms with van der Waals surface area (Å²) in [6, 6.07) is 13.7. The molecule has 1 fully saturated rings. The van der Waals surface area contributed by atoms with Gasteiger partial charge in [-0.05, 0) is 65.6 Å². The fourth-order valence-electron chi connectivity index (χ4n) is 6.47. The number of benzene rings is 2. The molecule has 39 heavy (non-hydrogen) atoms. The van der Waals surface area contributed by atoms with Gasteiger partial charge in [0.1, 0.15) is 18.2 Å². The van der Waals surface area contributed by atoms with Crippen molar-refractivity contribution in [3.05, 3.63) is 89.4 Å². The number of methoxy groups -OCH3 is 1. The number of aryl methyl sites for hydroxylation is 1. The maximum atomic E-state index is 15.0. The minimum absolute atomic E-state index is 0.239. The van der Waals surface area contributed by atoms with Crippen LogP contribution in [0.4, 0.5) is 4.39 Å². The SMILES string of the molecule is C=CC1(c2cc(COc3ccc4c(c3)[C@](C)(C(C)C(=O)O)CC4)ccc2-c2cc(OC)ncc2F)CCCC1. The third-order valence-electron chi connectivity index (χ3n) is 9.18. The summed E-state index contributed by atoms with van der Waals surface area (Å²) in [5.41, 5.74) is 4.88. The van der Waals surface area contributed by atoms with E-state index in [0.29, 0.717) is 23.8 Å². The minimum atomic E-state index is -0.782. The molecule has 0 saturated heterocycles. The lowest BCUT2D eigenvalue weighted by molar-refractivity contribution is -0.143. The first kappa shape index (κ1) is 26.9. The van der Waals surface area contributed by atoms with Crippen LogP contribution in [0, 0.1) is 11.7 Å². The van der Waals surface area contributed by atoms with Crippen molar-refractivity contribution in [2.45, 2.75) is 69.8 Å². The molecule has 0 amide bonds. The lowest BCUT2D eigenvalue weighted by Gasteiger charge is -2.30. The van der Waals surface area contributed by atoms with Crippen LogP contribution in [0.1, 0.15) is 68.2 Å². The van der Waals surface area contributed by atoms with Crippen LogP contribution in [0.15, 0.2) is 61.3 Å². The van der Waals surface area contributed by atoms with Crippen molar-refractivity contribution in [3.63, 3.8) is 0 Å². The standard InChI is InChI=1S/C33H36FNO4/c1-5-33(13-6-7-14-33)28-16-22(8-11-25(28)26-18-30(38-4)35-19-29(26)34)20-39-24-10-9-23-12-15-32(3,27(23)17-24)21(2)31(36)37/h5,8-11,16-19,21H,1,6-7,12-15,20H2,2-4H3,(H,36,37)/t21?,32-/m0/s1. The molecule has 1 N–H and O–H groups in total. The number of carbonyl (C=O) groups is 1. The maximum Gasteiger partial charge on any atom is 0.307 e. The Hall–Kier alpha value is -3.67. The van der Waals surface area contributed by atoms with Crippen molar-refractivity contribution in [3.8, 4) is 22.8 Å². The molecular weight excluding hydrogens is 493 g/mol. The monoisotopic (exact) mass is 529 g/mol. The Bertz CT molecular complexity index is 1410. The molecule has 1 unspecified atom stereocenters. The summed E-state index contributed by atoms with van der Waals surface area (Å²) in [6.07, 6.45) is 9.01. The maximum absolute atomic E-state index is 15.0. The van der Waals surface area contributed by atoms with Crippen molar-refractivity contribution in [1.29, 1.82) is 0 Å². The van der Waals surface area contributed by atoms with Crippen LogP contribution >= 0.6 is 0 Å². The molecule has 1 saturated carbocycles. The van der Waals surface area contributed by atoms with Gasteiger partial charge in [-0.2, -0.15) is 0 Å². The van der Waals surface area contributed by atoms with Crippen molar-refractivity contribution in [2.24, 2.45) is 5.92 Å². The molecule has 0 radical (unpaired) electrons. The Kier molecular flexibility index (Phi) is 7.23. The number of fused-ring (bicyclic) bond motifs is 1. The first-order valence-corrected chi connectivity index (χ1v) is 13.7. The predicted molar refractivity (Wildman–Crippen MR) is 150 cm³/mol. The highest BCUT2D eigenvalue weighted by Crippen LogP contribution is 2.47. The second kappa shape index (κ2) is 10.5. The Labute approximate surface area is 229 Å². The van der Waals surface area contributed by atoms with Crippen LogP contribution in [-0.4, -0.2) is 23.2 Å². The number of rotatable bonds is 9. The molecule has 0 aliphatic heterocycles. The first-order chi connectivity index (χ1) is 18.7. The highest BCUT2D eigenvalue weighted by Gasteiger charge is 2.42. The number of nitrogens with zero attached hydrogens (tertiary/aromatic N) is 1. The Morgan fingerprint density at radius 3 is 2.59 bits per heavy atom. The van der Waals surface area contributed by atoms with Crippen LogP contribution < -0.4 is 9.47 Å². The summed E-state index contributed by atoms with van der Waals surface area (Å²) in [7, 11) is 1.53. The van der Waals surface area contributed by atoms with E-state index < -0.39 is 23.1 Å². The summed E-state index contributed by atoms with van der Waals surface area (Å²) >= 11 is 0. The van der Waals surface area contributed by atoms with E-state index in [1.54, 1.807) is 13.0 Å². The first-order valence-electron chi connectivity index (χ1n) is 13.7. The van der Waals surface area contributed by atoms with Gasteiger partial charge in [-0.3, -0.25) is 4.79 Å². The number of aromatic nitrogens is 1. The predicted octanol–water partition coefficient (Wildman–Crippen LogP) is 7.40. The number of hydrogen-bond acceptors (Lipinski definition) is 4. The van der Waals surface area contributed by atoms with Crippen molar-refractivity contribution < 1.29 is 23.8 Å². The summed E-state index contributed by atoms with van der Waals surface area (Å²) in [5, 5.41) is 9.69. The average Bonchev–Trinajstić information content (AvgIpc) is 3.57. The van der Waals surface area contributed by atoms with Gasteiger partial charge in [-0.15, -0.1) is 6.58 Å². The minimum Gasteiger partial charge on any atom is -0.489 e. The summed E-state index contributed by atoms with van der Waals surface area (Å²) in [4.78, 5) is 15.8. The van der Waals surface area contributed by atoms with Crippen molar-refractivity contribution >= 4 is 5.97 Å². The number of carboxylic acids is 1.